The van der Waals surface area contributed by atoms with Crippen molar-refractivity contribution in [3.63, 3.8) is 0 Å². The number of anilines is 3. The molecule has 0 saturated heterocycles. The topological polar surface area (TPSA) is 81.7 Å². The summed E-state index contributed by atoms with van der Waals surface area (Å²) in [5.41, 5.74) is 2.76. The van der Waals surface area contributed by atoms with E-state index in [-0.39, 0.29) is 11.3 Å². The average Bonchev–Trinajstić information content (AvgIpc) is 2.79. The molecule has 3 aromatic carbocycles. The number of carbonyl (C=O) groups is 2. The van der Waals surface area contributed by atoms with Gasteiger partial charge in [-0.3, -0.25) is 0 Å². The van der Waals surface area contributed by atoms with Crippen LogP contribution in [0.15, 0.2) is 66.7 Å². The van der Waals surface area contributed by atoms with Crippen molar-refractivity contribution >= 4 is 29.1 Å². The van der Waals surface area contributed by atoms with E-state index in [1.165, 1.54) is 12.1 Å². The van der Waals surface area contributed by atoms with Gasteiger partial charge >= 0.3 is 12.0 Å². The third-order valence-electron chi connectivity index (χ3n) is 5.35. The fourth-order valence-corrected chi connectivity index (χ4v) is 3.99. The van der Waals surface area contributed by atoms with Crippen LogP contribution in [0.25, 0.3) is 11.1 Å². The summed E-state index contributed by atoms with van der Waals surface area (Å²) < 4.78 is 14.1. The first-order valence-corrected chi connectivity index (χ1v) is 11.7. The fraction of sp³-hybridized carbons (Fsp3) is 0.286. The largest absolute Gasteiger partial charge is 0.478 e. The maximum Gasteiger partial charge on any atom is 0.336 e. The number of carboxylic acids is 1. The molecule has 3 N–H and O–H groups in total. The lowest BCUT2D eigenvalue weighted by molar-refractivity contribution is 0.0697. The van der Waals surface area contributed by atoms with Gasteiger partial charge in [0.2, 0.25) is 0 Å². The highest BCUT2D eigenvalue weighted by molar-refractivity contribution is 6.03. The third-order valence-corrected chi connectivity index (χ3v) is 5.35. The van der Waals surface area contributed by atoms with Gasteiger partial charge in [0.05, 0.1) is 22.6 Å². The van der Waals surface area contributed by atoms with E-state index < -0.39 is 17.8 Å². The Morgan fingerprint density at radius 3 is 2.09 bits per heavy atom. The molecule has 0 heterocycles. The minimum absolute atomic E-state index is 0.0696. The Morgan fingerprint density at radius 2 is 1.46 bits per heavy atom. The van der Waals surface area contributed by atoms with Crippen molar-refractivity contribution < 1.29 is 19.1 Å². The number of carbonyl (C=O) groups excluding carboxylic acids is 1. The van der Waals surface area contributed by atoms with E-state index in [2.05, 4.69) is 43.2 Å². The van der Waals surface area contributed by atoms with Crippen molar-refractivity contribution in [1.82, 2.24) is 0 Å². The van der Waals surface area contributed by atoms with E-state index in [0.29, 0.717) is 28.7 Å². The van der Waals surface area contributed by atoms with Crippen LogP contribution >= 0.6 is 0 Å². The van der Waals surface area contributed by atoms with Crippen molar-refractivity contribution in [3.8, 4) is 11.1 Å². The Balaban J connectivity index is 2.05. The second kappa shape index (κ2) is 11.5. The minimum Gasteiger partial charge on any atom is -0.478 e. The summed E-state index contributed by atoms with van der Waals surface area (Å²) in [6.45, 7) is 10.1. The van der Waals surface area contributed by atoms with Crippen molar-refractivity contribution in [1.29, 1.82) is 0 Å². The smallest absolute Gasteiger partial charge is 0.336 e. The van der Waals surface area contributed by atoms with Crippen LogP contribution in [-0.4, -0.2) is 30.2 Å². The first kappa shape index (κ1) is 25.7. The van der Waals surface area contributed by atoms with Crippen LogP contribution in [-0.2, 0) is 0 Å². The quantitative estimate of drug-likeness (QED) is 0.311. The molecule has 0 radical (unpaired) electrons. The number of aromatic carboxylic acids is 1. The molecule has 0 aromatic heterocycles. The van der Waals surface area contributed by atoms with Gasteiger partial charge in [-0.15, -0.1) is 0 Å². The molecule has 2 amide bonds. The van der Waals surface area contributed by atoms with E-state index in [1.807, 2.05) is 12.1 Å². The standard InChI is InChI=1S/C28H32FN3O3/c1-18(2)16-32(17-19(3)4)26-14-13-20(21-9-5-6-10-22(21)27(33)34)15-25(26)31-28(35)30-24-12-8-7-11-23(24)29/h5-15,18-19H,16-17H2,1-4H3,(H,33,34)(H2,30,31,35). The normalized spacial score (nSPS) is 10.9. The van der Waals surface area contributed by atoms with Crippen molar-refractivity contribution in [3.05, 3.63) is 78.1 Å². The second-order valence-corrected chi connectivity index (χ2v) is 9.33. The summed E-state index contributed by atoms with van der Waals surface area (Å²) in [5.74, 6) is -0.812. The summed E-state index contributed by atoms with van der Waals surface area (Å²) in [4.78, 5) is 26.9. The number of para-hydroxylation sites is 1. The van der Waals surface area contributed by atoms with Gasteiger partial charge in [0.15, 0.2) is 0 Å². The molecule has 0 atom stereocenters. The molecule has 0 aliphatic carbocycles. The number of urea groups is 1. The van der Waals surface area contributed by atoms with Crippen molar-refractivity contribution in [2.75, 3.05) is 28.6 Å². The number of hydrogen-bond donors (Lipinski definition) is 3. The molecule has 0 bridgehead atoms. The molecule has 0 aliphatic rings. The maximum absolute atomic E-state index is 14.1. The highest BCUT2D eigenvalue weighted by Gasteiger charge is 2.19. The Kier molecular flexibility index (Phi) is 8.47. The molecule has 6 nitrogen and oxygen atoms in total. The molecule has 7 heteroatoms. The van der Waals surface area contributed by atoms with E-state index in [1.54, 1.807) is 42.5 Å². The van der Waals surface area contributed by atoms with Crippen LogP contribution < -0.4 is 15.5 Å². The van der Waals surface area contributed by atoms with E-state index in [0.717, 1.165) is 18.8 Å². The summed E-state index contributed by atoms with van der Waals surface area (Å²) in [6, 6.07) is 17.6. The minimum atomic E-state index is -1.03. The van der Waals surface area contributed by atoms with Gasteiger partial charge in [-0.2, -0.15) is 0 Å². The third kappa shape index (κ3) is 6.82. The molecule has 35 heavy (non-hydrogen) atoms. The lowest BCUT2D eigenvalue weighted by atomic mass is 9.98. The van der Waals surface area contributed by atoms with E-state index in [9.17, 15) is 19.1 Å². The highest BCUT2D eigenvalue weighted by Crippen LogP contribution is 2.34. The van der Waals surface area contributed by atoms with Crippen LogP contribution in [0.5, 0.6) is 0 Å². The Labute approximate surface area is 205 Å². The molecular formula is C28H32FN3O3. The fourth-order valence-electron chi connectivity index (χ4n) is 3.99. The molecule has 3 rings (SSSR count). The zero-order valence-electron chi connectivity index (χ0n) is 20.5. The number of carboxylic acid groups (broad SMARTS) is 1. The van der Waals surface area contributed by atoms with E-state index >= 15 is 0 Å². The number of rotatable bonds is 9. The average molecular weight is 478 g/mol. The Hall–Kier alpha value is -3.87. The lowest BCUT2D eigenvalue weighted by Crippen LogP contribution is -2.32. The number of hydrogen-bond acceptors (Lipinski definition) is 3. The highest BCUT2D eigenvalue weighted by atomic mass is 19.1. The molecule has 0 aliphatic heterocycles. The van der Waals surface area contributed by atoms with Crippen LogP contribution in [0, 0.1) is 17.7 Å². The summed E-state index contributed by atoms with van der Waals surface area (Å²) >= 11 is 0. The Morgan fingerprint density at radius 1 is 0.857 bits per heavy atom. The molecule has 3 aromatic rings. The van der Waals surface area contributed by atoms with Crippen LogP contribution in [0.1, 0.15) is 38.1 Å². The monoisotopic (exact) mass is 477 g/mol. The Bertz CT molecular complexity index is 1180. The van der Waals surface area contributed by atoms with Gasteiger partial charge in [-0.1, -0.05) is 64.1 Å². The first-order chi connectivity index (χ1) is 16.7. The number of halogens is 1. The van der Waals surface area contributed by atoms with Crippen LogP contribution in [0.2, 0.25) is 0 Å². The number of nitrogens with zero attached hydrogens (tertiary/aromatic N) is 1. The van der Waals surface area contributed by atoms with E-state index in [4.69, 9.17) is 0 Å². The molecule has 0 unspecified atom stereocenters. The molecule has 0 saturated carbocycles. The first-order valence-electron chi connectivity index (χ1n) is 11.7. The molecule has 184 valence electrons. The van der Waals surface area contributed by atoms with Gasteiger partial charge in [0.1, 0.15) is 5.82 Å². The van der Waals surface area contributed by atoms with Crippen molar-refractivity contribution in [2.45, 2.75) is 27.7 Å². The molecule has 0 fully saturated rings. The summed E-state index contributed by atoms with van der Waals surface area (Å²) in [6.07, 6.45) is 0. The predicted molar refractivity (Wildman–Crippen MR) is 140 cm³/mol. The van der Waals surface area contributed by atoms with Gasteiger partial charge in [0, 0.05) is 13.1 Å². The van der Waals surface area contributed by atoms with Gasteiger partial charge in [-0.05, 0) is 53.3 Å². The number of nitrogens with one attached hydrogen (secondary N) is 2. The maximum atomic E-state index is 14.1. The lowest BCUT2D eigenvalue weighted by Gasteiger charge is -2.31. The number of benzene rings is 3. The summed E-state index contributed by atoms with van der Waals surface area (Å²) in [7, 11) is 0. The van der Waals surface area contributed by atoms with Crippen molar-refractivity contribution in [2.24, 2.45) is 11.8 Å². The molecule has 0 spiro atoms. The molecular weight excluding hydrogens is 445 g/mol. The SMILES string of the molecule is CC(C)CN(CC(C)C)c1ccc(-c2ccccc2C(=O)O)cc1NC(=O)Nc1ccccc1F. The second-order valence-electron chi connectivity index (χ2n) is 9.33. The van der Waals surface area contributed by atoms with Gasteiger partial charge in [-0.25, -0.2) is 14.0 Å². The van der Waals surface area contributed by atoms with Gasteiger partial charge < -0.3 is 20.6 Å². The number of amides is 2. The summed E-state index contributed by atoms with van der Waals surface area (Å²) in [5, 5.41) is 15.1. The van der Waals surface area contributed by atoms with Gasteiger partial charge in [0.25, 0.3) is 0 Å². The zero-order valence-corrected chi connectivity index (χ0v) is 20.5. The van der Waals surface area contributed by atoms with Crippen LogP contribution in [0.4, 0.5) is 26.2 Å². The zero-order chi connectivity index (χ0) is 25.5. The van der Waals surface area contributed by atoms with Crippen LogP contribution in [0.3, 0.4) is 0 Å². The predicted octanol–water partition coefficient (Wildman–Crippen LogP) is 6.95.